The van der Waals surface area contributed by atoms with Gasteiger partial charge in [0, 0.05) is 11.8 Å². The quantitative estimate of drug-likeness (QED) is 0.548. The first-order chi connectivity index (χ1) is 6.36. The summed E-state index contributed by atoms with van der Waals surface area (Å²) in [4.78, 5) is 9.90. The van der Waals surface area contributed by atoms with E-state index in [0.717, 1.165) is 18.4 Å². The van der Waals surface area contributed by atoms with Gasteiger partial charge in [-0.2, -0.15) is 0 Å². The molecule has 0 aliphatic carbocycles. The monoisotopic (exact) mass is 216 g/mol. The molecule has 1 rings (SSSR count). The van der Waals surface area contributed by atoms with Crippen LogP contribution in [0.1, 0.15) is 10.4 Å². The second-order valence-corrected chi connectivity index (χ2v) is 4.76. The van der Waals surface area contributed by atoms with Crippen molar-refractivity contribution < 1.29 is 23.4 Å². The van der Waals surface area contributed by atoms with Gasteiger partial charge in [-0.1, -0.05) is 0 Å². The summed E-state index contributed by atoms with van der Waals surface area (Å²) in [6, 6.07) is 1.98. The van der Waals surface area contributed by atoms with Crippen molar-refractivity contribution in [3.8, 4) is 11.5 Å². The van der Waals surface area contributed by atoms with Crippen LogP contribution >= 0.6 is 0 Å². The van der Waals surface area contributed by atoms with E-state index in [1.807, 2.05) is 0 Å². The zero-order chi connectivity index (χ0) is 10.9. The smallest absolute Gasteiger partial charge is 0.179 e. The summed E-state index contributed by atoms with van der Waals surface area (Å²) in [6.45, 7) is 0. The topological polar surface area (TPSA) is 91.7 Å². The molecule has 0 aliphatic rings. The molecule has 6 heteroatoms. The molecule has 0 atom stereocenters. The van der Waals surface area contributed by atoms with E-state index in [0.29, 0.717) is 6.29 Å². The Kier molecular flexibility index (Phi) is 2.48. The van der Waals surface area contributed by atoms with E-state index in [-0.39, 0.29) is 5.56 Å². The molecule has 0 spiro atoms. The summed E-state index contributed by atoms with van der Waals surface area (Å²) in [5, 5.41) is 18.3. The Morgan fingerprint density at radius 1 is 1.29 bits per heavy atom. The molecule has 0 radical (unpaired) electrons. The predicted octanol–water partition coefficient (Wildman–Crippen LogP) is 0.314. The number of carbonyl (C=O) groups is 1. The van der Waals surface area contributed by atoms with Gasteiger partial charge < -0.3 is 10.2 Å². The summed E-state index contributed by atoms with van der Waals surface area (Å²) in [5.74, 6) is -1.37. The molecule has 2 N–H and O–H groups in total. The number of aldehydes is 1. The standard InChI is InChI=1S/C8H8O5S/c1-14(12,13)7-3-5(4-9)2-6(10)8(7)11/h2-4,10-11H,1H3. The first-order valence-corrected chi connectivity index (χ1v) is 5.46. The van der Waals surface area contributed by atoms with Crippen molar-refractivity contribution in [1.29, 1.82) is 0 Å². The van der Waals surface area contributed by atoms with Gasteiger partial charge in [-0.15, -0.1) is 0 Å². The first kappa shape index (κ1) is 10.5. The van der Waals surface area contributed by atoms with Crippen LogP contribution in [-0.4, -0.2) is 31.2 Å². The Bertz CT molecular complexity index is 475. The fourth-order valence-corrected chi connectivity index (χ4v) is 1.77. The summed E-state index contributed by atoms with van der Waals surface area (Å²) in [5.41, 5.74) is -0.0132. The highest BCUT2D eigenvalue weighted by molar-refractivity contribution is 7.90. The molecule has 76 valence electrons. The number of phenolic OH excluding ortho intramolecular Hbond substituents is 2. The zero-order valence-corrected chi connectivity index (χ0v) is 8.08. The van der Waals surface area contributed by atoms with Crippen LogP contribution in [0, 0.1) is 0 Å². The fourth-order valence-electron chi connectivity index (χ4n) is 0.965. The second kappa shape index (κ2) is 3.30. The molecular weight excluding hydrogens is 208 g/mol. The zero-order valence-electron chi connectivity index (χ0n) is 7.26. The van der Waals surface area contributed by atoms with E-state index in [1.54, 1.807) is 0 Å². The molecule has 1 aromatic rings. The second-order valence-electron chi connectivity index (χ2n) is 2.78. The van der Waals surface area contributed by atoms with Crippen molar-refractivity contribution in [2.24, 2.45) is 0 Å². The van der Waals surface area contributed by atoms with Gasteiger partial charge in [0.2, 0.25) is 0 Å². The lowest BCUT2D eigenvalue weighted by Crippen LogP contribution is -1.99. The van der Waals surface area contributed by atoms with E-state index in [1.165, 1.54) is 0 Å². The van der Waals surface area contributed by atoms with Gasteiger partial charge in [0.05, 0.1) is 0 Å². The number of benzene rings is 1. The van der Waals surface area contributed by atoms with Crippen molar-refractivity contribution in [3.05, 3.63) is 17.7 Å². The van der Waals surface area contributed by atoms with Crippen LogP contribution in [0.5, 0.6) is 11.5 Å². The van der Waals surface area contributed by atoms with Crippen LogP contribution in [0.25, 0.3) is 0 Å². The van der Waals surface area contributed by atoms with E-state index < -0.39 is 26.2 Å². The molecule has 0 fully saturated rings. The van der Waals surface area contributed by atoms with Crippen molar-refractivity contribution in [3.63, 3.8) is 0 Å². The Balaban J connectivity index is 3.58. The van der Waals surface area contributed by atoms with E-state index in [4.69, 9.17) is 5.11 Å². The van der Waals surface area contributed by atoms with Gasteiger partial charge >= 0.3 is 0 Å². The summed E-state index contributed by atoms with van der Waals surface area (Å²) < 4.78 is 22.2. The average Bonchev–Trinajstić information content (AvgIpc) is 2.07. The van der Waals surface area contributed by atoms with Crippen molar-refractivity contribution in [2.75, 3.05) is 6.26 Å². The van der Waals surface area contributed by atoms with Crippen LogP contribution in [-0.2, 0) is 9.84 Å². The molecule has 0 aliphatic heterocycles. The van der Waals surface area contributed by atoms with Crippen LogP contribution < -0.4 is 0 Å². The Morgan fingerprint density at radius 2 is 1.86 bits per heavy atom. The first-order valence-electron chi connectivity index (χ1n) is 3.57. The number of phenols is 2. The van der Waals surface area contributed by atoms with Gasteiger partial charge in [-0.05, 0) is 12.1 Å². The van der Waals surface area contributed by atoms with Gasteiger partial charge in [-0.3, -0.25) is 4.79 Å². The Labute approximate surface area is 80.5 Å². The van der Waals surface area contributed by atoms with E-state index >= 15 is 0 Å². The molecule has 0 saturated heterocycles. The van der Waals surface area contributed by atoms with E-state index in [2.05, 4.69) is 0 Å². The average molecular weight is 216 g/mol. The molecule has 0 heterocycles. The van der Waals surface area contributed by atoms with Gasteiger partial charge in [-0.25, -0.2) is 8.42 Å². The minimum absolute atomic E-state index is 0.0132. The maximum atomic E-state index is 11.1. The number of carbonyl (C=O) groups excluding carboxylic acids is 1. The SMILES string of the molecule is CS(=O)(=O)c1cc(C=O)cc(O)c1O. The fraction of sp³-hybridized carbons (Fsp3) is 0.125. The van der Waals surface area contributed by atoms with Crippen LogP contribution in [0.2, 0.25) is 0 Å². The van der Waals surface area contributed by atoms with Crippen LogP contribution in [0.3, 0.4) is 0 Å². The molecule has 0 bridgehead atoms. The van der Waals surface area contributed by atoms with E-state index in [9.17, 15) is 18.3 Å². The normalized spacial score (nSPS) is 11.2. The number of aromatic hydroxyl groups is 2. The van der Waals surface area contributed by atoms with Crippen molar-refractivity contribution >= 4 is 16.1 Å². The lowest BCUT2D eigenvalue weighted by molar-refractivity contribution is 0.112. The lowest BCUT2D eigenvalue weighted by Gasteiger charge is -2.04. The molecule has 0 aromatic heterocycles. The van der Waals surface area contributed by atoms with Gasteiger partial charge in [0.25, 0.3) is 0 Å². The van der Waals surface area contributed by atoms with Crippen molar-refractivity contribution in [1.82, 2.24) is 0 Å². The minimum atomic E-state index is -3.66. The van der Waals surface area contributed by atoms with Gasteiger partial charge in [0.1, 0.15) is 11.2 Å². The number of sulfone groups is 1. The Hall–Kier alpha value is -1.56. The summed E-state index contributed by atoms with van der Waals surface area (Å²) in [6.07, 6.45) is 1.25. The molecule has 1 aromatic carbocycles. The van der Waals surface area contributed by atoms with Crippen LogP contribution in [0.4, 0.5) is 0 Å². The van der Waals surface area contributed by atoms with Crippen molar-refractivity contribution in [2.45, 2.75) is 4.90 Å². The molecule has 5 nitrogen and oxygen atoms in total. The summed E-state index contributed by atoms with van der Waals surface area (Å²) >= 11 is 0. The Morgan fingerprint density at radius 3 is 2.29 bits per heavy atom. The highest BCUT2D eigenvalue weighted by atomic mass is 32.2. The highest BCUT2D eigenvalue weighted by Gasteiger charge is 2.17. The molecule has 0 amide bonds. The third kappa shape index (κ3) is 1.85. The van der Waals surface area contributed by atoms with Crippen LogP contribution in [0.15, 0.2) is 17.0 Å². The minimum Gasteiger partial charge on any atom is -0.504 e. The molecule has 0 saturated carbocycles. The number of rotatable bonds is 2. The predicted molar refractivity (Wildman–Crippen MR) is 48.3 cm³/mol. The molecule has 14 heavy (non-hydrogen) atoms. The maximum Gasteiger partial charge on any atom is 0.179 e. The lowest BCUT2D eigenvalue weighted by atomic mass is 10.2. The number of hydrogen-bond donors (Lipinski definition) is 2. The largest absolute Gasteiger partial charge is 0.504 e. The number of hydrogen-bond acceptors (Lipinski definition) is 5. The molecule has 0 unspecified atom stereocenters. The third-order valence-electron chi connectivity index (χ3n) is 1.61. The highest BCUT2D eigenvalue weighted by Crippen LogP contribution is 2.32. The maximum absolute atomic E-state index is 11.1. The molecular formula is C8H8O5S. The third-order valence-corrected chi connectivity index (χ3v) is 2.72. The van der Waals surface area contributed by atoms with Gasteiger partial charge in [0.15, 0.2) is 21.3 Å². The summed E-state index contributed by atoms with van der Waals surface area (Å²) in [7, 11) is -3.66.